The van der Waals surface area contributed by atoms with Crippen LogP contribution in [0.5, 0.6) is 0 Å². The Labute approximate surface area is 285 Å². The number of carbonyl (C=O) groups excluding carboxylic acids is 4. The minimum atomic E-state index is -0.948. The van der Waals surface area contributed by atoms with Gasteiger partial charge in [0.25, 0.3) is 0 Å². The predicted octanol–water partition coefficient (Wildman–Crippen LogP) is -2.25. The first kappa shape index (κ1) is 46.9. The van der Waals surface area contributed by atoms with E-state index >= 15 is 0 Å². The second kappa shape index (κ2) is 31.1. The van der Waals surface area contributed by atoms with Crippen LogP contribution in [0.2, 0.25) is 0 Å². The second-order valence-corrected chi connectivity index (χ2v) is 11.6. The van der Waals surface area contributed by atoms with Crippen molar-refractivity contribution in [3.05, 3.63) is 0 Å². The summed E-state index contributed by atoms with van der Waals surface area (Å²) in [5, 5.41) is 41.9. The lowest BCUT2D eigenvalue weighted by Crippen LogP contribution is -2.49. The van der Waals surface area contributed by atoms with Crippen LogP contribution in [0.15, 0.2) is 0 Å². The fraction of sp³-hybridized carbons (Fsp3) is 0.806. The minimum Gasteiger partial charge on any atom is -0.480 e. The van der Waals surface area contributed by atoms with Gasteiger partial charge in [0.1, 0.15) is 12.3 Å². The Morgan fingerprint density at radius 2 is 1.21 bits per heavy atom. The molecule has 0 aromatic rings. The molecule has 0 bridgehead atoms. The van der Waals surface area contributed by atoms with Gasteiger partial charge in [0.2, 0.25) is 18.2 Å². The zero-order valence-electron chi connectivity index (χ0n) is 29.3. The highest BCUT2D eigenvalue weighted by atomic mass is 16.4. The molecule has 7 N–H and O–H groups in total. The molecule has 48 heavy (non-hydrogen) atoms. The molecule has 17 nitrogen and oxygen atoms in total. The highest BCUT2D eigenvalue weighted by Crippen LogP contribution is 2.05. The SMILES string of the molecule is CC(C)CCCCNC(=O)C(CO)NC=O.CCCNC(=O)CN1CCN(CC=O)CCN(CC(=O)O)CCN(CC(=O)O)CC1.CO. The number of nitrogens with zero attached hydrogens (tertiary/aromatic N) is 4. The summed E-state index contributed by atoms with van der Waals surface area (Å²) < 4.78 is 0. The molecule has 1 aliphatic rings. The molecule has 1 unspecified atom stereocenters. The average molecular weight is 692 g/mol. The third-order valence-corrected chi connectivity index (χ3v) is 7.20. The van der Waals surface area contributed by atoms with E-state index in [0.29, 0.717) is 77.8 Å². The van der Waals surface area contributed by atoms with Crippen LogP contribution in [0, 0.1) is 5.92 Å². The first-order chi connectivity index (χ1) is 22.9. The summed E-state index contributed by atoms with van der Waals surface area (Å²) in [6.07, 6.45) is 5.22. The molecule has 1 saturated heterocycles. The average Bonchev–Trinajstić information content (AvgIpc) is 3.04. The number of aliphatic hydroxyl groups excluding tert-OH is 2. The van der Waals surface area contributed by atoms with Gasteiger partial charge >= 0.3 is 11.9 Å². The molecule has 0 radical (unpaired) electrons. The number of aliphatic carboxylic acids is 2. The second-order valence-electron chi connectivity index (χ2n) is 11.6. The Morgan fingerprint density at radius 3 is 1.60 bits per heavy atom. The van der Waals surface area contributed by atoms with Gasteiger partial charge in [-0.1, -0.05) is 33.6 Å². The third-order valence-electron chi connectivity index (χ3n) is 7.20. The van der Waals surface area contributed by atoms with Gasteiger partial charge in [0.15, 0.2) is 0 Å². The van der Waals surface area contributed by atoms with Gasteiger partial charge in [-0.25, -0.2) is 0 Å². The van der Waals surface area contributed by atoms with E-state index in [1.165, 1.54) is 0 Å². The lowest BCUT2D eigenvalue weighted by Gasteiger charge is -2.32. The van der Waals surface area contributed by atoms with Crippen molar-refractivity contribution in [1.29, 1.82) is 0 Å². The number of hydrogen-bond donors (Lipinski definition) is 7. The fourth-order valence-electron chi connectivity index (χ4n) is 4.55. The van der Waals surface area contributed by atoms with Crippen molar-refractivity contribution < 1.29 is 49.2 Å². The van der Waals surface area contributed by atoms with E-state index in [1.54, 1.807) is 9.80 Å². The van der Waals surface area contributed by atoms with Crippen LogP contribution in [0.25, 0.3) is 0 Å². The van der Waals surface area contributed by atoms with E-state index < -0.39 is 18.0 Å². The maximum atomic E-state index is 12.2. The Morgan fingerprint density at radius 1 is 0.729 bits per heavy atom. The Hall–Kier alpha value is -3.22. The van der Waals surface area contributed by atoms with E-state index in [4.69, 9.17) is 15.3 Å². The number of aliphatic hydroxyl groups is 2. The predicted molar refractivity (Wildman–Crippen MR) is 180 cm³/mol. The first-order valence-corrected chi connectivity index (χ1v) is 16.5. The fourth-order valence-corrected chi connectivity index (χ4v) is 4.55. The van der Waals surface area contributed by atoms with Crippen LogP contribution < -0.4 is 16.0 Å². The van der Waals surface area contributed by atoms with Gasteiger partial charge in [-0.15, -0.1) is 0 Å². The molecule has 17 heteroatoms. The largest absolute Gasteiger partial charge is 0.480 e. The van der Waals surface area contributed by atoms with Crippen molar-refractivity contribution in [3.63, 3.8) is 0 Å². The van der Waals surface area contributed by atoms with E-state index in [-0.39, 0.29) is 44.6 Å². The maximum absolute atomic E-state index is 12.2. The van der Waals surface area contributed by atoms with Crippen molar-refractivity contribution >= 4 is 36.4 Å². The lowest BCUT2D eigenvalue weighted by molar-refractivity contribution is -0.140. The molecule has 1 rings (SSSR count). The number of carboxylic acid groups (broad SMARTS) is 2. The Balaban J connectivity index is 0. The summed E-state index contributed by atoms with van der Waals surface area (Å²) >= 11 is 0. The van der Waals surface area contributed by atoms with Gasteiger partial charge in [0.05, 0.1) is 32.8 Å². The summed E-state index contributed by atoms with van der Waals surface area (Å²) in [6, 6.07) is -0.831. The van der Waals surface area contributed by atoms with Crippen molar-refractivity contribution in [1.82, 2.24) is 35.6 Å². The summed E-state index contributed by atoms with van der Waals surface area (Å²) in [5.74, 6) is -1.63. The zero-order valence-corrected chi connectivity index (χ0v) is 29.3. The molecule has 0 saturated carbocycles. The van der Waals surface area contributed by atoms with Crippen molar-refractivity contribution in [2.45, 2.75) is 52.5 Å². The Bertz CT molecular complexity index is 898. The quantitative estimate of drug-likeness (QED) is 0.0560. The molecule has 1 fully saturated rings. The third kappa shape index (κ3) is 26.8. The van der Waals surface area contributed by atoms with Crippen molar-refractivity contribution in [2.24, 2.45) is 5.92 Å². The van der Waals surface area contributed by atoms with E-state index in [0.717, 1.165) is 39.1 Å². The molecular formula is C31H61N7O10. The smallest absolute Gasteiger partial charge is 0.317 e. The molecule has 3 amide bonds. The highest BCUT2D eigenvalue weighted by molar-refractivity contribution is 5.83. The number of amides is 3. The van der Waals surface area contributed by atoms with Gasteiger partial charge < -0.3 is 41.2 Å². The molecule has 280 valence electrons. The van der Waals surface area contributed by atoms with Crippen molar-refractivity contribution in [2.75, 3.05) is 105 Å². The molecule has 0 aromatic heterocycles. The molecule has 0 spiro atoms. The maximum Gasteiger partial charge on any atom is 0.317 e. The summed E-state index contributed by atoms with van der Waals surface area (Å²) in [4.78, 5) is 74.5. The number of unbranched alkanes of at least 4 members (excludes halogenated alkanes) is 1. The number of aldehydes is 1. The standard InChI is InChI=1S/C19H35N5O6.C11H22N2O3.CH4O/c1-2-3-20-17(26)14-22-6-4-21(12-13-25)5-7-23(15-18(27)28)10-11-24(9-8-22)16-19(29)30;1-9(2)5-3-4-6-12-11(16)10(7-14)13-8-15;1-2/h13H,2-12,14-16H2,1H3,(H,20,26)(H,27,28)(H,29,30);8-10,14H,3-7H2,1-2H3,(H,12,16)(H,13,15);2H,1H3. The molecule has 1 heterocycles. The van der Waals surface area contributed by atoms with Gasteiger partial charge in [-0.2, -0.15) is 0 Å². The highest BCUT2D eigenvalue weighted by Gasteiger charge is 2.20. The first-order valence-electron chi connectivity index (χ1n) is 16.5. The van der Waals surface area contributed by atoms with Crippen LogP contribution in [0.3, 0.4) is 0 Å². The normalized spacial score (nSPS) is 16.0. The van der Waals surface area contributed by atoms with Crippen LogP contribution in [-0.4, -0.2) is 188 Å². The summed E-state index contributed by atoms with van der Waals surface area (Å²) in [6.45, 7) is 11.1. The lowest BCUT2D eigenvalue weighted by atomic mass is 10.1. The molecular weight excluding hydrogens is 630 g/mol. The van der Waals surface area contributed by atoms with Crippen LogP contribution in [0.4, 0.5) is 0 Å². The number of nitrogens with one attached hydrogen (secondary N) is 3. The molecule has 1 atom stereocenters. The number of carbonyl (C=O) groups is 6. The number of rotatable bonds is 19. The van der Waals surface area contributed by atoms with Gasteiger partial charge in [-0.05, 0) is 18.8 Å². The van der Waals surface area contributed by atoms with Crippen LogP contribution in [0.1, 0.15) is 46.5 Å². The summed E-state index contributed by atoms with van der Waals surface area (Å²) in [7, 11) is 1.00. The zero-order chi connectivity index (χ0) is 36.7. The van der Waals surface area contributed by atoms with E-state index in [1.807, 2.05) is 16.7 Å². The monoisotopic (exact) mass is 691 g/mol. The van der Waals surface area contributed by atoms with E-state index in [9.17, 15) is 33.9 Å². The van der Waals surface area contributed by atoms with Crippen LogP contribution in [-0.2, 0) is 28.8 Å². The van der Waals surface area contributed by atoms with Gasteiger partial charge in [0, 0.05) is 72.6 Å². The minimum absolute atomic E-state index is 0.0803. The molecule has 1 aliphatic heterocycles. The Kier molecular flexibility index (Phi) is 30.4. The number of carboxylic acids is 2. The summed E-state index contributed by atoms with van der Waals surface area (Å²) in [5.41, 5.74) is 0. The van der Waals surface area contributed by atoms with E-state index in [2.05, 4.69) is 29.8 Å². The van der Waals surface area contributed by atoms with Crippen molar-refractivity contribution in [3.8, 4) is 0 Å². The topological polar surface area (TPSA) is 232 Å². The number of hydrogen-bond acceptors (Lipinski definition) is 12. The van der Waals surface area contributed by atoms with Crippen LogP contribution >= 0.6 is 0 Å². The molecule has 0 aromatic carbocycles. The van der Waals surface area contributed by atoms with Gasteiger partial charge in [-0.3, -0.25) is 43.6 Å². The molecule has 0 aliphatic carbocycles.